The summed E-state index contributed by atoms with van der Waals surface area (Å²) in [5, 5.41) is 9.47. The summed E-state index contributed by atoms with van der Waals surface area (Å²) in [6.45, 7) is 11.7. The Morgan fingerprint density at radius 3 is 2.25 bits per heavy atom. The van der Waals surface area contributed by atoms with E-state index in [1.165, 1.54) is 6.07 Å². The Balaban J connectivity index is 2.45. The number of nitrogens with zero attached hydrogens (tertiary/aromatic N) is 3. The monoisotopic (exact) mass is 441 g/mol. The fourth-order valence-corrected chi connectivity index (χ4v) is 5.93. The van der Waals surface area contributed by atoms with Crippen LogP contribution in [0.1, 0.15) is 77.8 Å². The molecule has 0 aliphatic carbocycles. The molecule has 0 saturated carbocycles. The van der Waals surface area contributed by atoms with Crippen LogP contribution >= 0.6 is 0 Å². The van der Waals surface area contributed by atoms with Gasteiger partial charge in [-0.1, -0.05) is 34.1 Å². The largest absolute Gasteiger partial charge is 0.296 e. The second kappa shape index (κ2) is 8.56. The third-order valence-corrected chi connectivity index (χ3v) is 8.25. The zero-order chi connectivity index (χ0) is 23.9. The Morgan fingerprint density at radius 2 is 1.72 bits per heavy atom. The number of halogens is 2. The summed E-state index contributed by atoms with van der Waals surface area (Å²) in [6.07, 6.45) is 6.69. The zero-order valence-electron chi connectivity index (χ0n) is 20.6. The van der Waals surface area contributed by atoms with Gasteiger partial charge in [0.05, 0.1) is 43.8 Å². The van der Waals surface area contributed by atoms with Crippen LogP contribution in [0, 0.1) is 23.0 Å². The van der Waals surface area contributed by atoms with Crippen LogP contribution in [0.2, 0.25) is 0 Å². The van der Waals surface area contributed by atoms with Crippen molar-refractivity contribution in [1.82, 2.24) is 4.48 Å². The van der Waals surface area contributed by atoms with Crippen LogP contribution in [0.4, 0.5) is 14.5 Å². The van der Waals surface area contributed by atoms with Gasteiger partial charge in [-0.3, -0.25) is 4.48 Å². The van der Waals surface area contributed by atoms with E-state index in [1.807, 2.05) is 0 Å². The highest BCUT2D eigenvalue weighted by Gasteiger charge is 2.59. The summed E-state index contributed by atoms with van der Waals surface area (Å²) < 4.78 is 33.6. The van der Waals surface area contributed by atoms with Crippen molar-refractivity contribution in [1.29, 1.82) is 5.26 Å². The lowest BCUT2D eigenvalue weighted by Crippen LogP contribution is -2.69. The number of nitriles is 1. The number of quaternary nitrogens is 1. The number of rotatable bonds is 7. The molecule has 3 nitrogen and oxygen atoms in total. The van der Waals surface area contributed by atoms with Gasteiger partial charge >= 0.3 is 0 Å². The predicted octanol–water partition coefficient (Wildman–Crippen LogP) is 6.35. The molecule has 1 unspecified atom stereocenters. The van der Waals surface area contributed by atoms with Crippen molar-refractivity contribution in [2.24, 2.45) is 0 Å². The first-order valence-electron chi connectivity index (χ1n) is 11.9. The normalized spacial score (nSPS) is 19.2. The molecule has 172 valence electrons. The van der Waals surface area contributed by atoms with Crippen LogP contribution < -0.4 is 9.05 Å². The van der Waals surface area contributed by atoms with E-state index >= 15 is 4.39 Å². The van der Waals surface area contributed by atoms with Crippen LogP contribution in [0.3, 0.4) is 0 Å². The molecule has 0 N–H and O–H groups in total. The van der Waals surface area contributed by atoms with Gasteiger partial charge in [0.25, 0.3) is 0 Å². The van der Waals surface area contributed by atoms with Crippen molar-refractivity contribution in [2.75, 3.05) is 20.6 Å². The van der Waals surface area contributed by atoms with Crippen molar-refractivity contribution in [3.8, 4) is 17.3 Å². The minimum atomic E-state index is -0.770. The van der Waals surface area contributed by atoms with E-state index in [-0.39, 0.29) is 5.54 Å². The van der Waals surface area contributed by atoms with E-state index < -0.39 is 22.6 Å². The van der Waals surface area contributed by atoms with Crippen LogP contribution in [0.15, 0.2) is 24.4 Å². The molecular weight excluding hydrogens is 404 g/mol. The molecule has 0 amide bonds. The van der Waals surface area contributed by atoms with Gasteiger partial charge in [0.15, 0.2) is 17.6 Å². The van der Waals surface area contributed by atoms with E-state index in [1.54, 1.807) is 6.07 Å². The second-order valence-corrected chi connectivity index (χ2v) is 9.91. The summed E-state index contributed by atoms with van der Waals surface area (Å²) in [6, 6.07) is 7.38. The number of benzene rings is 1. The molecule has 0 spiro atoms. The van der Waals surface area contributed by atoms with E-state index in [9.17, 15) is 9.65 Å². The Labute approximate surface area is 191 Å². The lowest BCUT2D eigenvalue weighted by atomic mass is 9.58. The Hall–Kier alpha value is -2.32. The highest BCUT2D eigenvalue weighted by Crippen LogP contribution is 2.52. The Morgan fingerprint density at radius 1 is 1.06 bits per heavy atom. The van der Waals surface area contributed by atoms with Crippen LogP contribution in [-0.2, 0) is 11.0 Å². The average Bonchev–Trinajstić information content (AvgIpc) is 2.78. The average molecular weight is 442 g/mol. The Bertz CT molecular complexity index is 1060. The maximum atomic E-state index is 15.8. The SMILES string of the molecule is CCCC[N+](C)(C)c1cc[n+]2c(c1)-c1c(cc(F)c(C#N)c1F)C(C)(CC)C2(CC)CC. The molecule has 0 fully saturated rings. The molecule has 5 heteroatoms. The zero-order valence-corrected chi connectivity index (χ0v) is 20.6. The Kier molecular flexibility index (Phi) is 6.50. The molecule has 1 aromatic heterocycles. The molecule has 2 heterocycles. The number of hydrogen-bond acceptors (Lipinski definition) is 1. The first kappa shape index (κ1) is 24.3. The molecule has 0 saturated heterocycles. The van der Waals surface area contributed by atoms with Gasteiger partial charge in [0.1, 0.15) is 23.1 Å². The highest BCUT2D eigenvalue weighted by molar-refractivity contribution is 5.71. The van der Waals surface area contributed by atoms with Gasteiger partial charge in [-0.2, -0.15) is 9.83 Å². The van der Waals surface area contributed by atoms with Crippen molar-refractivity contribution in [3.63, 3.8) is 0 Å². The minimum Gasteiger partial charge on any atom is -0.296 e. The summed E-state index contributed by atoms with van der Waals surface area (Å²) >= 11 is 0. The third kappa shape index (κ3) is 3.27. The topological polar surface area (TPSA) is 27.7 Å². The minimum absolute atomic E-state index is 0.323. The fraction of sp³-hybridized carbons (Fsp3) is 0.556. The fourth-order valence-electron chi connectivity index (χ4n) is 5.93. The maximum absolute atomic E-state index is 15.8. The summed E-state index contributed by atoms with van der Waals surface area (Å²) in [5.41, 5.74) is 1.57. The van der Waals surface area contributed by atoms with Crippen molar-refractivity contribution in [2.45, 2.75) is 77.7 Å². The van der Waals surface area contributed by atoms with Gasteiger partial charge < -0.3 is 0 Å². The molecule has 32 heavy (non-hydrogen) atoms. The van der Waals surface area contributed by atoms with E-state index in [4.69, 9.17) is 0 Å². The quantitative estimate of drug-likeness (QED) is 0.363. The van der Waals surface area contributed by atoms with Gasteiger partial charge in [0, 0.05) is 12.8 Å². The van der Waals surface area contributed by atoms with E-state index in [0.717, 1.165) is 50.0 Å². The van der Waals surface area contributed by atoms with Gasteiger partial charge in [-0.25, -0.2) is 8.78 Å². The molecule has 1 aliphatic rings. The van der Waals surface area contributed by atoms with Gasteiger partial charge in [-0.15, -0.1) is 0 Å². The van der Waals surface area contributed by atoms with Gasteiger partial charge in [-0.05, 0) is 31.4 Å². The van der Waals surface area contributed by atoms with Crippen LogP contribution in [-0.4, -0.2) is 20.6 Å². The second-order valence-electron chi connectivity index (χ2n) is 9.91. The molecule has 1 atom stereocenters. The molecule has 2 aromatic rings. The van der Waals surface area contributed by atoms with E-state index in [0.29, 0.717) is 15.6 Å². The van der Waals surface area contributed by atoms with Crippen molar-refractivity contribution >= 4 is 5.69 Å². The maximum Gasteiger partial charge on any atom is 0.222 e. The highest BCUT2D eigenvalue weighted by atomic mass is 19.1. The smallest absolute Gasteiger partial charge is 0.222 e. The standard InChI is InChI=1S/C27H37F2N3/c1-8-12-15-32(6,7)19-13-14-31-23(16-19)24-21(17-22(28)20(18-30)25(24)29)26(5,9-2)27(31,10-3)11-4/h13-14,16-17H,8-12,15H2,1-7H3/q+2. The molecule has 1 aliphatic heterocycles. The molecular formula is C27H37F2N3+2. The van der Waals surface area contributed by atoms with E-state index in [2.05, 4.69) is 71.6 Å². The summed E-state index contributed by atoms with van der Waals surface area (Å²) in [5.74, 6) is -1.51. The molecule has 0 bridgehead atoms. The molecule has 1 aromatic carbocycles. The lowest BCUT2D eigenvalue weighted by Gasteiger charge is -2.48. The lowest BCUT2D eigenvalue weighted by molar-refractivity contribution is -0.769. The van der Waals surface area contributed by atoms with Crippen molar-refractivity contribution < 1.29 is 13.3 Å². The first-order chi connectivity index (χ1) is 15.1. The summed E-state index contributed by atoms with van der Waals surface area (Å²) in [4.78, 5) is 0. The third-order valence-electron chi connectivity index (χ3n) is 8.25. The molecule has 3 rings (SSSR count). The number of aromatic nitrogens is 1. The van der Waals surface area contributed by atoms with Gasteiger partial charge in [0.2, 0.25) is 5.69 Å². The van der Waals surface area contributed by atoms with Crippen molar-refractivity contribution in [3.05, 3.63) is 47.2 Å². The number of hydrogen-bond donors (Lipinski definition) is 0. The number of fused-ring (bicyclic) bond motifs is 3. The van der Waals surface area contributed by atoms with Crippen LogP contribution in [0.5, 0.6) is 0 Å². The predicted molar refractivity (Wildman–Crippen MR) is 126 cm³/mol. The first-order valence-corrected chi connectivity index (χ1v) is 11.9. The summed E-state index contributed by atoms with van der Waals surface area (Å²) in [7, 11) is 4.33. The number of unbranched alkanes of at least 4 members (excludes halogenated alkanes) is 1. The number of pyridine rings is 1. The molecule has 0 radical (unpaired) electrons. The van der Waals surface area contributed by atoms with Crippen LogP contribution in [0.25, 0.3) is 11.3 Å².